The minimum Gasteiger partial charge on any atom is -0.497 e. The van der Waals surface area contributed by atoms with Crippen LogP contribution in [0.15, 0.2) is 42.5 Å². The first-order chi connectivity index (χ1) is 10.2. The molecule has 0 radical (unpaired) electrons. The Labute approximate surface area is 122 Å². The Bertz CT molecular complexity index is 621. The van der Waals surface area contributed by atoms with Gasteiger partial charge in [-0.2, -0.15) is 0 Å². The molecule has 0 spiro atoms. The fourth-order valence-corrected chi connectivity index (χ4v) is 2.70. The molecule has 0 atom stereocenters. The minimum atomic E-state index is -0.277. The highest BCUT2D eigenvalue weighted by molar-refractivity contribution is 5.51. The van der Waals surface area contributed by atoms with Gasteiger partial charge in [-0.25, -0.2) is 8.78 Å². The van der Waals surface area contributed by atoms with Crippen LogP contribution in [0.1, 0.15) is 24.3 Å². The van der Waals surface area contributed by atoms with Crippen molar-refractivity contribution in [2.75, 3.05) is 12.4 Å². The smallest absolute Gasteiger partial charge is 0.146 e. The highest BCUT2D eigenvalue weighted by Crippen LogP contribution is 2.39. The van der Waals surface area contributed by atoms with Crippen molar-refractivity contribution in [1.82, 2.24) is 0 Å². The lowest BCUT2D eigenvalue weighted by molar-refractivity contribution is 0.372. The molecule has 1 saturated carbocycles. The van der Waals surface area contributed by atoms with E-state index in [0.29, 0.717) is 17.4 Å². The lowest BCUT2D eigenvalue weighted by Gasteiger charge is -2.37. The summed E-state index contributed by atoms with van der Waals surface area (Å²) < 4.78 is 31.7. The number of benzene rings is 2. The van der Waals surface area contributed by atoms with Gasteiger partial charge in [0.2, 0.25) is 0 Å². The van der Waals surface area contributed by atoms with Crippen molar-refractivity contribution in [3.8, 4) is 5.75 Å². The lowest BCUT2D eigenvalue weighted by Crippen LogP contribution is -2.34. The fraction of sp³-hybridized carbons (Fsp3) is 0.294. The summed E-state index contributed by atoms with van der Waals surface area (Å²) in [5, 5.41) is 3.20. The summed E-state index contributed by atoms with van der Waals surface area (Å²) >= 11 is 0. The Kier molecular flexibility index (Phi) is 3.78. The molecule has 2 aromatic carbocycles. The van der Waals surface area contributed by atoms with Crippen molar-refractivity contribution in [2.24, 2.45) is 0 Å². The van der Waals surface area contributed by atoms with Gasteiger partial charge in [0.1, 0.15) is 17.4 Å². The fourth-order valence-electron chi connectivity index (χ4n) is 2.70. The molecule has 0 aromatic heterocycles. The van der Waals surface area contributed by atoms with Crippen LogP contribution in [0.2, 0.25) is 0 Å². The number of rotatable bonds is 4. The third kappa shape index (κ3) is 2.99. The molecule has 21 heavy (non-hydrogen) atoms. The number of ether oxygens (including phenoxy) is 1. The van der Waals surface area contributed by atoms with Crippen LogP contribution in [0.25, 0.3) is 0 Å². The number of hydrogen-bond donors (Lipinski definition) is 1. The number of anilines is 1. The average Bonchev–Trinajstić information content (AvgIpc) is 2.45. The van der Waals surface area contributed by atoms with E-state index in [0.717, 1.165) is 18.4 Å². The zero-order valence-electron chi connectivity index (χ0n) is 11.8. The third-order valence-corrected chi connectivity index (χ3v) is 4.01. The first kappa shape index (κ1) is 13.9. The maximum Gasteiger partial charge on any atom is 0.146 e. The Morgan fingerprint density at radius 2 is 1.76 bits per heavy atom. The van der Waals surface area contributed by atoms with Crippen molar-refractivity contribution in [2.45, 2.75) is 24.8 Å². The van der Waals surface area contributed by atoms with Gasteiger partial charge in [0, 0.05) is 12.1 Å². The quantitative estimate of drug-likeness (QED) is 0.904. The molecule has 1 fully saturated rings. The van der Waals surface area contributed by atoms with Gasteiger partial charge in [0.15, 0.2) is 0 Å². The molecular formula is C17H17F2NO. The van der Waals surface area contributed by atoms with Gasteiger partial charge in [-0.15, -0.1) is 0 Å². The molecule has 0 aliphatic heterocycles. The van der Waals surface area contributed by atoms with Crippen LogP contribution in [-0.4, -0.2) is 13.2 Å². The normalized spacial score (nSPS) is 20.7. The van der Waals surface area contributed by atoms with E-state index in [1.165, 1.54) is 18.2 Å². The zero-order chi connectivity index (χ0) is 14.8. The van der Waals surface area contributed by atoms with Crippen LogP contribution in [0.3, 0.4) is 0 Å². The molecule has 0 unspecified atom stereocenters. The van der Waals surface area contributed by atoms with Crippen molar-refractivity contribution < 1.29 is 13.5 Å². The first-order valence-electron chi connectivity index (χ1n) is 7.01. The van der Waals surface area contributed by atoms with Gasteiger partial charge in [-0.1, -0.05) is 12.1 Å². The van der Waals surface area contributed by atoms with Gasteiger partial charge < -0.3 is 10.1 Å². The van der Waals surface area contributed by atoms with Gasteiger partial charge >= 0.3 is 0 Å². The summed E-state index contributed by atoms with van der Waals surface area (Å²) in [6.45, 7) is 0. The van der Waals surface area contributed by atoms with E-state index in [9.17, 15) is 8.78 Å². The van der Waals surface area contributed by atoms with Crippen molar-refractivity contribution in [3.05, 3.63) is 59.7 Å². The van der Waals surface area contributed by atoms with Crippen LogP contribution in [-0.2, 0) is 0 Å². The molecule has 4 heteroatoms. The standard InChI is InChI=1S/C17H17F2NO/c1-21-15-6-7-16(19)17(10-15)20-14-8-12(9-14)11-2-4-13(18)5-3-11/h2-7,10,12,14,20H,8-9H2,1H3. The molecule has 2 aromatic rings. The van der Waals surface area contributed by atoms with Crippen LogP contribution < -0.4 is 10.1 Å². The summed E-state index contributed by atoms with van der Waals surface area (Å²) in [7, 11) is 1.56. The van der Waals surface area contributed by atoms with E-state index in [1.54, 1.807) is 19.2 Å². The van der Waals surface area contributed by atoms with Crippen molar-refractivity contribution in [3.63, 3.8) is 0 Å². The number of halogens is 2. The Morgan fingerprint density at radius 3 is 2.43 bits per heavy atom. The van der Waals surface area contributed by atoms with Gasteiger partial charge in [-0.05, 0) is 48.6 Å². The Hall–Kier alpha value is -2.10. The molecule has 0 heterocycles. The minimum absolute atomic E-state index is 0.216. The second-order valence-corrected chi connectivity index (χ2v) is 5.41. The molecule has 0 saturated heterocycles. The number of methoxy groups -OCH3 is 1. The van der Waals surface area contributed by atoms with E-state index in [-0.39, 0.29) is 17.7 Å². The van der Waals surface area contributed by atoms with Crippen LogP contribution in [0.5, 0.6) is 5.75 Å². The molecule has 1 N–H and O–H groups in total. The monoisotopic (exact) mass is 289 g/mol. The Morgan fingerprint density at radius 1 is 1.05 bits per heavy atom. The van der Waals surface area contributed by atoms with E-state index >= 15 is 0 Å². The third-order valence-electron chi connectivity index (χ3n) is 4.01. The Balaban J connectivity index is 1.61. The second-order valence-electron chi connectivity index (χ2n) is 5.41. The van der Waals surface area contributed by atoms with Crippen LogP contribution in [0, 0.1) is 11.6 Å². The summed E-state index contributed by atoms with van der Waals surface area (Å²) in [6.07, 6.45) is 1.84. The van der Waals surface area contributed by atoms with Gasteiger partial charge in [0.05, 0.1) is 12.8 Å². The lowest BCUT2D eigenvalue weighted by atomic mass is 9.76. The summed E-state index contributed by atoms with van der Waals surface area (Å²) in [6, 6.07) is 11.5. The molecule has 1 aliphatic carbocycles. The topological polar surface area (TPSA) is 21.3 Å². The summed E-state index contributed by atoms with van der Waals surface area (Å²) in [5.41, 5.74) is 1.61. The molecular weight excluding hydrogens is 272 g/mol. The van der Waals surface area contributed by atoms with Gasteiger partial charge in [-0.3, -0.25) is 0 Å². The second kappa shape index (κ2) is 5.72. The maximum atomic E-state index is 13.7. The molecule has 0 amide bonds. The predicted molar refractivity (Wildman–Crippen MR) is 78.7 cm³/mol. The molecule has 3 rings (SSSR count). The summed E-state index contributed by atoms with van der Waals surface area (Å²) in [4.78, 5) is 0. The van der Waals surface area contributed by atoms with Crippen LogP contribution >= 0.6 is 0 Å². The SMILES string of the molecule is COc1ccc(F)c(NC2CC(c3ccc(F)cc3)C2)c1. The van der Waals surface area contributed by atoms with E-state index in [2.05, 4.69) is 5.32 Å². The van der Waals surface area contributed by atoms with E-state index < -0.39 is 0 Å². The highest BCUT2D eigenvalue weighted by atomic mass is 19.1. The summed E-state index contributed by atoms with van der Waals surface area (Å²) in [5.74, 6) is 0.553. The average molecular weight is 289 g/mol. The van der Waals surface area contributed by atoms with E-state index in [1.807, 2.05) is 12.1 Å². The number of hydrogen-bond acceptors (Lipinski definition) is 2. The predicted octanol–water partition coefficient (Wildman–Crippen LogP) is 4.33. The molecule has 1 aliphatic rings. The van der Waals surface area contributed by atoms with Crippen molar-refractivity contribution >= 4 is 5.69 Å². The van der Waals surface area contributed by atoms with Crippen LogP contribution in [0.4, 0.5) is 14.5 Å². The van der Waals surface area contributed by atoms with E-state index in [4.69, 9.17) is 4.74 Å². The highest BCUT2D eigenvalue weighted by Gasteiger charge is 2.30. The molecule has 0 bridgehead atoms. The number of nitrogens with one attached hydrogen (secondary N) is 1. The first-order valence-corrected chi connectivity index (χ1v) is 7.01. The van der Waals surface area contributed by atoms with Gasteiger partial charge in [0.25, 0.3) is 0 Å². The maximum absolute atomic E-state index is 13.7. The van der Waals surface area contributed by atoms with Crippen molar-refractivity contribution in [1.29, 1.82) is 0 Å². The zero-order valence-corrected chi connectivity index (χ0v) is 11.8. The molecule has 110 valence electrons. The molecule has 2 nitrogen and oxygen atoms in total. The largest absolute Gasteiger partial charge is 0.497 e.